The Balaban J connectivity index is 0.656. The number of rotatable bonds is 61. The van der Waals surface area contributed by atoms with E-state index in [4.69, 9.17) is 93.1 Å². The number of nitrogens with zero attached hydrogens (tertiary/aromatic N) is 10. The second kappa shape index (κ2) is 54.9. The zero-order valence-electron chi connectivity index (χ0n) is 74.5. The number of Topliss-reactive ketones (excluding diaryl/α,β-unsaturated/α-hetero) is 1. The lowest BCUT2D eigenvalue weighted by Crippen LogP contribution is -2.58. The highest BCUT2D eigenvalue weighted by molar-refractivity contribution is 6.39. The van der Waals surface area contributed by atoms with Crippen molar-refractivity contribution >= 4 is 63.2 Å². The number of carbonyl (C=O) groups excluding carboxylic acids is 4. The molecule has 11 N–H and O–H groups in total. The van der Waals surface area contributed by atoms with E-state index < -0.39 is 90.3 Å². The Hall–Kier alpha value is -8.19. The summed E-state index contributed by atoms with van der Waals surface area (Å²) in [5.41, 5.74) is 24.3. The van der Waals surface area contributed by atoms with Gasteiger partial charge in [-0.1, -0.05) is 75.0 Å². The number of unbranched alkanes of at least 4 members (excludes halogenated alkanes) is 1. The zero-order chi connectivity index (χ0) is 90.1. The molecule has 37 nitrogen and oxygen atoms in total. The number of piperidine rings is 1. The molecule has 698 valence electrons. The first-order valence-electron chi connectivity index (χ1n) is 43.9. The molecule has 2 aliphatic heterocycles. The van der Waals surface area contributed by atoms with Crippen molar-refractivity contribution in [1.82, 2.24) is 49.9 Å². The predicted octanol–water partition coefficient (Wildman–Crippen LogP) is 6.88. The van der Waals surface area contributed by atoms with Crippen molar-refractivity contribution < 1.29 is 110 Å². The number of likely N-dealkylation sites (tertiary alicyclic amines) is 1. The summed E-state index contributed by atoms with van der Waals surface area (Å²) >= 11 is 0. The maximum absolute atomic E-state index is 14.7. The Morgan fingerprint density at radius 1 is 0.768 bits per heavy atom. The van der Waals surface area contributed by atoms with Crippen LogP contribution >= 0.6 is 0 Å². The van der Waals surface area contributed by atoms with Gasteiger partial charge in [0.25, 0.3) is 17.7 Å². The van der Waals surface area contributed by atoms with E-state index in [-0.39, 0.29) is 80.8 Å². The van der Waals surface area contributed by atoms with Crippen molar-refractivity contribution in [2.24, 2.45) is 34.6 Å². The number of ketones is 1. The van der Waals surface area contributed by atoms with Gasteiger partial charge in [0.15, 0.2) is 17.8 Å². The SMILES string of the molecule is C=C/C=C/C=C(\C)[C@H](C[C@@H]1CCC[C@](O)(C(=O)C(=O)N2CCCC[C@H]2C(=O)O[C@@H](C[C@@H](OC)[C@H](C)/C=C(\C)[C@@H](O)[C@@H](O)/C(=N/OCc2cn(CCOCCOCCOCCOCCOCCOCCOCCOCCC(=O)NCCCCn3nc(-c4ccc5oc(N)nc5c4)c4c(N)ncnc43)nn2)[C@H](C)CC(C)C)[C@H](N)C[C@@H]2CC[C@@H](O)[C@H](OC)C2)O1)OC. The van der Waals surface area contributed by atoms with Crippen LogP contribution in [0.3, 0.4) is 0 Å². The predicted molar refractivity (Wildman–Crippen MR) is 465 cm³/mol. The third kappa shape index (κ3) is 33.4. The number of ether oxygens (including phenoxy) is 13. The number of aryl methyl sites for hydroxylation is 1. The third-order valence-corrected chi connectivity index (χ3v) is 22.5. The average Bonchev–Trinajstić information content (AvgIpc) is 1.66. The van der Waals surface area contributed by atoms with Gasteiger partial charge in [0.2, 0.25) is 11.7 Å². The summed E-state index contributed by atoms with van der Waals surface area (Å²) in [5.74, 6) is -5.71. The van der Waals surface area contributed by atoms with Crippen LogP contribution in [0.15, 0.2) is 88.4 Å². The normalized spacial score (nSPS) is 20.7. The lowest BCUT2D eigenvalue weighted by atomic mass is 9.80. The first-order chi connectivity index (χ1) is 60.3. The number of aliphatic hydroxyl groups is 4. The maximum atomic E-state index is 14.7. The standard InChI is InChI=1S/C88H138N14O23/c1-11-12-13-19-59(4)72(111-8)53-66-20-18-27-88(110,125-66)82(107)85(108)101-29-16-14-21-69(101)86(109)123-74(67(89)50-63-22-24-70(103)75(51-63)113-10)54-73(112-9)60(5)49-62(7)80(105)81(106)78(61(6)48-58(2)3)98-122-56-65-55-100(99-96-65)31-33-115-35-37-117-39-41-119-43-45-121-47-46-120-44-42-118-40-38-116-36-34-114-32-26-76(104)92-28-15-17-30-102-84-77(83(90)93-57-94-84)79(97-102)64-23-25-71-68(52-64)95-87(91)124-71/h11-13,19,23,25,49,52,55,57-58,60-61,63,66-67,69-70,72-75,80-81,103,105-106,110H,1,14-18,20-22,24,26-48,50-51,53-54,56,89H2,2-10H3,(H2,91,95)(H,92,104)(H2,90,93,94)/b13-12+,59-19+,62-49+,98-78+/t60-,61-,63+,66+,67-,69+,70-,72+,73-,74+,75-,80-,81+,88-/m1/s1. The number of amides is 2. The largest absolute Gasteiger partial charge is 0.459 e. The molecule has 2 saturated heterocycles. The van der Waals surface area contributed by atoms with Crippen molar-refractivity contribution in [3.05, 3.63) is 84.5 Å². The van der Waals surface area contributed by atoms with Crippen molar-refractivity contribution in [2.75, 3.05) is 152 Å². The molecule has 3 aliphatic rings. The minimum Gasteiger partial charge on any atom is -0.459 e. The first kappa shape index (κ1) is 102. The molecule has 0 spiro atoms. The quantitative estimate of drug-likeness (QED) is 0.00374. The number of esters is 1. The van der Waals surface area contributed by atoms with Gasteiger partial charge in [0.05, 0.1) is 160 Å². The Kier molecular flexibility index (Phi) is 44.9. The van der Waals surface area contributed by atoms with Gasteiger partial charge in [-0.25, -0.2) is 24.1 Å². The fraction of sp³-hybridized carbons (Fsp3) is 0.693. The molecule has 5 aromatic rings. The molecule has 0 radical (unpaired) electrons. The fourth-order valence-corrected chi connectivity index (χ4v) is 15.7. The van der Waals surface area contributed by atoms with E-state index in [9.17, 15) is 39.6 Å². The number of benzene rings is 1. The van der Waals surface area contributed by atoms with Crippen LogP contribution in [0.2, 0.25) is 0 Å². The van der Waals surface area contributed by atoms with Gasteiger partial charge in [0, 0.05) is 90.1 Å². The smallest absolute Gasteiger partial charge is 0.329 e. The summed E-state index contributed by atoms with van der Waals surface area (Å²) in [4.78, 5) is 75.6. The monoisotopic (exact) mass is 1760 g/mol. The van der Waals surface area contributed by atoms with Crippen LogP contribution in [0.5, 0.6) is 0 Å². The molecule has 6 heterocycles. The van der Waals surface area contributed by atoms with Gasteiger partial charge in [-0.3, -0.25) is 14.4 Å². The van der Waals surface area contributed by atoms with E-state index in [0.717, 1.165) is 24.0 Å². The molecule has 4 aromatic heterocycles. The first-order valence-corrected chi connectivity index (χ1v) is 43.9. The highest BCUT2D eigenvalue weighted by Gasteiger charge is 2.50. The molecule has 2 amide bonds. The van der Waals surface area contributed by atoms with Gasteiger partial charge in [0.1, 0.15) is 53.4 Å². The van der Waals surface area contributed by atoms with Crippen LogP contribution in [-0.2, 0) is 105 Å². The number of fused-ring (bicyclic) bond motifs is 2. The Bertz CT molecular complexity index is 4180. The number of aromatic nitrogens is 8. The van der Waals surface area contributed by atoms with Gasteiger partial charge >= 0.3 is 5.97 Å². The van der Waals surface area contributed by atoms with E-state index in [1.165, 1.54) is 18.3 Å². The number of aliphatic hydroxyl groups excluding tert-OH is 3. The average molecular weight is 1760 g/mol. The minimum absolute atomic E-state index is 0.00819. The number of methoxy groups -OCH3 is 3. The van der Waals surface area contributed by atoms with Crippen LogP contribution in [0.1, 0.15) is 150 Å². The highest BCUT2D eigenvalue weighted by Crippen LogP contribution is 2.37. The molecule has 1 aliphatic carbocycles. The lowest BCUT2D eigenvalue weighted by Gasteiger charge is -2.40. The minimum atomic E-state index is -2.42. The molecule has 0 bridgehead atoms. The molecule has 0 unspecified atom stereocenters. The van der Waals surface area contributed by atoms with Gasteiger partial charge in [-0.05, 0) is 132 Å². The van der Waals surface area contributed by atoms with Crippen LogP contribution < -0.4 is 22.5 Å². The van der Waals surface area contributed by atoms with E-state index >= 15 is 0 Å². The molecule has 8 rings (SSSR count). The molecule has 1 aromatic carbocycles. The summed E-state index contributed by atoms with van der Waals surface area (Å²) < 4.78 is 83.8. The summed E-state index contributed by atoms with van der Waals surface area (Å²) in [5, 5.41) is 67.6. The second-order valence-corrected chi connectivity index (χ2v) is 32.6. The molecular weight excluding hydrogens is 1620 g/mol. The van der Waals surface area contributed by atoms with Gasteiger partial charge < -0.3 is 119 Å². The third-order valence-electron chi connectivity index (χ3n) is 22.5. The summed E-state index contributed by atoms with van der Waals surface area (Å²) in [7, 11) is 4.65. The van der Waals surface area contributed by atoms with Crippen LogP contribution in [-0.4, -0.2) is 301 Å². The number of nitrogens with two attached hydrogens (primary N) is 3. The van der Waals surface area contributed by atoms with E-state index in [0.29, 0.717) is 228 Å². The summed E-state index contributed by atoms with van der Waals surface area (Å²) in [6.45, 7) is 22.8. The van der Waals surface area contributed by atoms with Crippen molar-refractivity contribution in [1.29, 1.82) is 0 Å². The Morgan fingerprint density at radius 2 is 1.44 bits per heavy atom. The number of oxime groups is 1. The number of carbonyl (C=O) groups is 4. The summed E-state index contributed by atoms with van der Waals surface area (Å²) in [6, 6.07) is 3.63. The van der Waals surface area contributed by atoms with Crippen LogP contribution in [0.4, 0.5) is 11.8 Å². The molecule has 3 fully saturated rings. The van der Waals surface area contributed by atoms with Crippen molar-refractivity contribution in [3.8, 4) is 11.3 Å². The van der Waals surface area contributed by atoms with E-state index in [2.05, 4.69) is 56.2 Å². The topological polar surface area (TPSA) is 484 Å². The lowest BCUT2D eigenvalue weighted by molar-refractivity contribution is -0.245. The number of allylic oxidation sites excluding steroid dienone is 4. The van der Waals surface area contributed by atoms with Crippen molar-refractivity contribution in [2.45, 2.75) is 231 Å². The van der Waals surface area contributed by atoms with Gasteiger partial charge in [-0.2, -0.15) is 10.1 Å². The number of nitrogen functional groups attached to an aromatic ring is 2. The molecular formula is C88H138N14O23. The maximum Gasteiger partial charge on any atom is 0.329 e. The zero-order valence-corrected chi connectivity index (χ0v) is 74.5. The Labute approximate surface area is 733 Å². The number of hydrogen-bond donors (Lipinski definition) is 8. The number of hydrogen-bond acceptors (Lipinski definition) is 33. The number of nitrogens with one attached hydrogen (secondary N) is 1. The van der Waals surface area contributed by atoms with E-state index in [1.54, 1.807) is 61.0 Å². The van der Waals surface area contributed by atoms with Crippen LogP contribution in [0.25, 0.3) is 33.4 Å². The molecule has 1 saturated carbocycles. The van der Waals surface area contributed by atoms with Crippen LogP contribution in [0, 0.1) is 23.7 Å². The molecule has 37 heteroatoms. The highest BCUT2D eigenvalue weighted by atomic mass is 16.6. The number of oxazole rings is 1. The fourth-order valence-electron chi connectivity index (χ4n) is 15.7. The Morgan fingerprint density at radius 3 is 2.09 bits per heavy atom. The van der Waals surface area contributed by atoms with Crippen molar-refractivity contribution in [3.63, 3.8) is 0 Å². The summed E-state index contributed by atoms with van der Waals surface area (Å²) in [6.07, 6.45) is 12.4. The van der Waals surface area contributed by atoms with E-state index in [1.807, 2.05) is 45.1 Å². The number of anilines is 2. The molecule has 125 heavy (non-hydrogen) atoms. The second-order valence-electron chi connectivity index (χ2n) is 32.6. The van der Waals surface area contributed by atoms with Gasteiger partial charge in [-0.15, -0.1) is 5.10 Å². The molecule has 14 atom stereocenters.